The summed E-state index contributed by atoms with van der Waals surface area (Å²) in [5, 5.41) is 1.37. The van der Waals surface area contributed by atoms with E-state index in [9.17, 15) is 4.79 Å². The molecule has 0 aliphatic carbocycles. The van der Waals surface area contributed by atoms with Crippen LogP contribution in [-0.4, -0.2) is 23.3 Å². The van der Waals surface area contributed by atoms with Crippen molar-refractivity contribution in [1.29, 1.82) is 0 Å². The Morgan fingerprint density at radius 3 is 2.34 bits per heavy atom. The monoisotopic (exact) mass is 448 g/mol. The van der Waals surface area contributed by atoms with Crippen molar-refractivity contribution < 1.29 is 9.47 Å². The van der Waals surface area contributed by atoms with Crippen molar-refractivity contribution in [3.63, 3.8) is 0 Å². The molecule has 0 spiro atoms. The predicted octanol–water partition coefficient (Wildman–Crippen LogP) is 5.81. The number of ether oxygens (including phenoxy) is 2. The van der Waals surface area contributed by atoms with Crippen LogP contribution in [0.5, 0.6) is 11.5 Å². The minimum absolute atomic E-state index is 0.0559. The van der Waals surface area contributed by atoms with E-state index in [1.54, 1.807) is 11.7 Å². The number of methoxy groups -OCH3 is 1. The molecule has 164 valence electrons. The largest absolute Gasteiger partial charge is 0.497 e. The maximum absolute atomic E-state index is 13.3. The molecule has 5 nitrogen and oxygen atoms in total. The SMILES string of the molecule is COc1ccc(-c2nc3ccccc3c(=O)n2CCCOc2cc(C)c(Cl)c(C)c2)cc1. The molecule has 32 heavy (non-hydrogen) atoms. The number of rotatable bonds is 7. The van der Waals surface area contributed by atoms with Crippen molar-refractivity contribution in [1.82, 2.24) is 9.55 Å². The fraction of sp³-hybridized carbons (Fsp3) is 0.231. The molecule has 1 aromatic heterocycles. The van der Waals surface area contributed by atoms with Crippen LogP contribution < -0.4 is 15.0 Å². The fourth-order valence-corrected chi connectivity index (χ4v) is 3.85. The van der Waals surface area contributed by atoms with Gasteiger partial charge in [-0.2, -0.15) is 0 Å². The van der Waals surface area contributed by atoms with Gasteiger partial charge < -0.3 is 9.47 Å². The summed E-state index contributed by atoms with van der Waals surface area (Å²) in [5.41, 5.74) is 3.46. The van der Waals surface area contributed by atoms with Crippen molar-refractivity contribution in [2.75, 3.05) is 13.7 Å². The van der Waals surface area contributed by atoms with E-state index in [4.69, 9.17) is 26.1 Å². The maximum atomic E-state index is 13.3. The van der Waals surface area contributed by atoms with Gasteiger partial charge in [-0.05, 0) is 79.9 Å². The van der Waals surface area contributed by atoms with Crippen molar-refractivity contribution in [2.24, 2.45) is 0 Å². The van der Waals surface area contributed by atoms with Crippen molar-refractivity contribution >= 4 is 22.5 Å². The Morgan fingerprint density at radius 1 is 0.969 bits per heavy atom. The van der Waals surface area contributed by atoms with Gasteiger partial charge in [0.15, 0.2) is 0 Å². The van der Waals surface area contributed by atoms with Crippen LogP contribution in [0, 0.1) is 13.8 Å². The highest BCUT2D eigenvalue weighted by Gasteiger charge is 2.13. The van der Waals surface area contributed by atoms with E-state index in [-0.39, 0.29) is 5.56 Å². The number of fused-ring (bicyclic) bond motifs is 1. The lowest BCUT2D eigenvalue weighted by atomic mass is 10.1. The van der Waals surface area contributed by atoms with Crippen LogP contribution >= 0.6 is 11.6 Å². The number of aromatic nitrogens is 2. The van der Waals surface area contributed by atoms with Crippen molar-refractivity contribution in [3.8, 4) is 22.9 Å². The standard InChI is InChI=1S/C26H25ClN2O3/c1-17-15-21(16-18(2)24(17)27)32-14-6-13-29-25(19-9-11-20(31-3)12-10-19)28-23-8-5-4-7-22(23)26(29)30/h4-5,7-12,15-16H,6,13-14H2,1-3H3. The van der Waals surface area contributed by atoms with Gasteiger partial charge in [0.2, 0.25) is 0 Å². The van der Waals surface area contributed by atoms with Crippen LogP contribution in [0.3, 0.4) is 0 Å². The summed E-state index contributed by atoms with van der Waals surface area (Å²) >= 11 is 6.24. The molecule has 0 amide bonds. The third kappa shape index (κ3) is 4.48. The van der Waals surface area contributed by atoms with Gasteiger partial charge in [0.1, 0.15) is 17.3 Å². The molecule has 0 aliphatic heterocycles. The van der Waals surface area contributed by atoms with Gasteiger partial charge in [0.25, 0.3) is 5.56 Å². The topological polar surface area (TPSA) is 53.3 Å². The van der Waals surface area contributed by atoms with E-state index < -0.39 is 0 Å². The lowest BCUT2D eigenvalue weighted by Crippen LogP contribution is -2.24. The Balaban J connectivity index is 1.60. The van der Waals surface area contributed by atoms with Gasteiger partial charge >= 0.3 is 0 Å². The normalized spacial score (nSPS) is 11.0. The molecule has 0 fully saturated rings. The molecule has 0 bridgehead atoms. The molecule has 0 radical (unpaired) electrons. The highest BCUT2D eigenvalue weighted by atomic mass is 35.5. The average Bonchev–Trinajstić information content (AvgIpc) is 2.81. The lowest BCUT2D eigenvalue weighted by Gasteiger charge is -2.15. The molecule has 0 saturated heterocycles. The number of aryl methyl sites for hydroxylation is 2. The van der Waals surface area contributed by atoms with Gasteiger partial charge in [0, 0.05) is 17.1 Å². The van der Waals surface area contributed by atoms with E-state index in [0.717, 1.165) is 33.2 Å². The molecule has 6 heteroatoms. The summed E-state index contributed by atoms with van der Waals surface area (Å²) in [6.07, 6.45) is 0.657. The second-order valence-corrected chi connectivity index (χ2v) is 8.09. The van der Waals surface area contributed by atoms with E-state index in [1.807, 2.05) is 74.5 Å². The number of para-hydroxylation sites is 1. The molecule has 0 aliphatic rings. The highest BCUT2D eigenvalue weighted by molar-refractivity contribution is 6.32. The smallest absolute Gasteiger partial charge is 0.261 e. The molecule has 0 N–H and O–H groups in total. The zero-order valence-electron chi connectivity index (χ0n) is 18.4. The van der Waals surface area contributed by atoms with Crippen molar-refractivity contribution in [2.45, 2.75) is 26.8 Å². The van der Waals surface area contributed by atoms with Crippen LogP contribution in [0.1, 0.15) is 17.5 Å². The van der Waals surface area contributed by atoms with Gasteiger partial charge in [-0.15, -0.1) is 0 Å². The second-order valence-electron chi connectivity index (χ2n) is 7.71. The number of nitrogens with zero attached hydrogens (tertiary/aromatic N) is 2. The highest BCUT2D eigenvalue weighted by Crippen LogP contribution is 2.26. The fourth-order valence-electron chi connectivity index (χ4n) is 3.74. The van der Waals surface area contributed by atoms with Gasteiger partial charge in [-0.3, -0.25) is 9.36 Å². The molecule has 4 aromatic rings. The quantitative estimate of drug-likeness (QED) is 0.335. The Bertz CT molecular complexity index is 1290. The Morgan fingerprint density at radius 2 is 1.66 bits per heavy atom. The molecule has 3 aromatic carbocycles. The minimum Gasteiger partial charge on any atom is -0.497 e. The molecule has 4 rings (SSSR count). The van der Waals surface area contributed by atoms with Gasteiger partial charge in [-0.25, -0.2) is 4.98 Å². The molecule has 0 atom stereocenters. The summed E-state index contributed by atoms with van der Waals surface area (Å²) in [6.45, 7) is 4.89. The first-order chi connectivity index (χ1) is 15.5. The van der Waals surface area contributed by atoms with Gasteiger partial charge in [-0.1, -0.05) is 23.7 Å². The summed E-state index contributed by atoms with van der Waals surface area (Å²) < 4.78 is 12.9. The van der Waals surface area contributed by atoms with Crippen LogP contribution in [0.15, 0.2) is 65.5 Å². The van der Waals surface area contributed by atoms with Crippen LogP contribution in [0.4, 0.5) is 0 Å². The van der Waals surface area contributed by atoms with Gasteiger partial charge in [0.05, 0.1) is 24.6 Å². The zero-order valence-corrected chi connectivity index (χ0v) is 19.1. The van der Waals surface area contributed by atoms with E-state index in [1.165, 1.54) is 0 Å². The molecular weight excluding hydrogens is 424 g/mol. The first-order valence-electron chi connectivity index (χ1n) is 10.5. The number of halogens is 1. The van der Waals surface area contributed by atoms with E-state index in [2.05, 4.69) is 0 Å². The third-order valence-electron chi connectivity index (χ3n) is 5.41. The summed E-state index contributed by atoms with van der Waals surface area (Å²) in [4.78, 5) is 18.1. The average molecular weight is 449 g/mol. The summed E-state index contributed by atoms with van der Waals surface area (Å²) in [6, 6.07) is 18.9. The first kappa shape index (κ1) is 21.9. The Hall–Kier alpha value is -3.31. The number of hydrogen-bond donors (Lipinski definition) is 0. The second kappa shape index (κ2) is 9.45. The van der Waals surface area contributed by atoms with Crippen molar-refractivity contribution in [3.05, 3.63) is 87.2 Å². The molecule has 0 unspecified atom stereocenters. The Labute approximate surface area is 192 Å². The van der Waals surface area contributed by atoms with Crippen LogP contribution in [0.25, 0.3) is 22.3 Å². The summed E-state index contributed by atoms with van der Waals surface area (Å²) in [7, 11) is 1.63. The summed E-state index contributed by atoms with van der Waals surface area (Å²) in [5.74, 6) is 2.17. The lowest BCUT2D eigenvalue weighted by molar-refractivity contribution is 0.301. The number of benzene rings is 3. The van der Waals surface area contributed by atoms with E-state index >= 15 is 0 Å². The molecule has 0 saturated carbocycles. The molecular formula is C26H25ClN2O3. The Kier molecular flexibility index (Phi) is 6.47. The predicted molar refractivity (Wildman–Crippen MR) is 129 cm³/mol. The van der Waals surface area contributed by atoms with E-state index in [0.29, 0.717) is 36.3 Å². The minimum atomic E-state index is -0.0559. The number of hydrogen-bond acceptors (Lipinski definition) is 4. The zero-order chi connectivity index (χ0) is 22.7. The molecule has 1 heterocycles. The first-order valence-corrected chi connectivity index (χ1v) is 10.9. The van der Waals surface area contributed by atoms with Crippen LogP contribution in [0.2, 0.25) is 5.02 Å². The maximum Gasteiger partial charge on any atom is 0.261 e. The van der Waals surface area contributed by atoms with Crippen LogP contribution in [-0.2, 0) is 6.54 Å². The third-order valence-corrected chi connectivity index (χ3v) is 6.01.